The van der Waals surface area contributed by atoms with E-state index in [4.69, 9.17) is 9.47 Å². The number of aryl methyl sites for hydroxylation is 1. The number of carbonyl (C=O) groups excluding carboxylic acids is 2. The van der Waals surface area contributed by atoms with Crippen LogP contribution in [-0.4, -0.2) is 55.3 Å². The van der Waals surface area contributed by atoms with Crippen molar-refractivity contribution in [2.75, 3.05) is 38.3 Å². The van der Waals surface area contributed by atoms with Crippen LogP contribution in [-0.2, 0) is 16.0 Å². The molecule has 0 bridgehead atoms. The number of carbonyl (C=O) groups is 2. The Morgan fingerprint density at radius 3 is 2.48 bits per heavy atom. The van der Waals surface area contributed by atoms with Gasteiger partial charge in [-0.25, -0.2) is 14.6 Å². The zero-order valence-corrected chi connectivity index (χ0v) is 15.6. The number of morpholine rings is 1. The van der Waals surface area contributed by atoms with Gasteiger partial charge in [0.2, 0.25) is 0 Å². The van der Waals surface area contributed by atoms with Gasteiger partial charge in [-0.05, 0) is 36.8 Å². The summed E-state index contributed by atoms with van der Waals surface area (Å²) in [5, 5.41) is 0. The van der Waals surface area contributed by atoms with Crippen LogP contribution in [0.25, 0.3) is 0 Å². The smallest absolute Gasteiger partial charge is 0.337 e. The van der Waals surface area contributed by atoms with Crippen molar-refractivity contribution in [2.45, 2.75) is 13.5 Å². The molecule has 27 heavy (non-hydrogen) atoms. The molecule has 0 saturated carbocycles. The van der Waals surface area contributed by atoms with E-state index in [0.717, 1.165) is 11.3 Å². The molecular formula is C20H23N3O4. The van der Waals surface area contributed by atoms with Gasteiger partial charge in [-0.1, -0.05) is 18.2 Å². The summed E-state index contributed by atoms with van der Waals surface area (Å²) >= 11 is 0. The summed E-state index contributed by atoms with van der Waals surface area (Å²) in [7, 11) is 1.35. The number of esters is 1. The predicted octanol–water partition coefficient (Wildman–Crippen LogP) is 2.64. The van der Waals surface area contributed by atoms with Crippen molar-refractivity contribution < 1.29 is 19.1 Å². The van der Waals surface area contributed by atoms with E-state index in [1.165, 1.54) is 7.11 Å². The molecule has 0 aliphatic carbocycles. The maximum atomic E-state index is 13.1. The second kappa shape index (κ2) is 8.64. The minimum Gasteiger partial charge on any atom is -0.465 e. The third-order valence-corrected chi connectivity index (χ3v) is 4.38. The van der Waals surface area contributed by atoms with Crippen LogP contribution < -0.4 is 4.90 Å². The lowest BCUT2D eigenvalue weighted by Crippen LogP contribution is -2.48. The lowest BCUT2D eigenvalue weighted by molar-refractivity contribution is 0.0547. The van der Waals surface area contributed by atoms with Crippen LogP contribution in [0.2, 0.25) is 0 Å². The minimum absolute atomic E-state index is 0.103. The number of hydrogen-bond donors (Lipinski definition) is 0. The Morgan fingerprint density at radius 1 is 1.15 bits per heavy atom. The summed E-state index contributed by atoms with van der Waals surface area (Å²) in [5.41, 5.74) is 2.21. The second-order valence-electron chi connectivity index (χ2n) is 6.29. The zero-order valence-electron chi connectivity index (χ0n) is 15.6. The highest BCUT2D eigenvalue weighted by Crippen LogP contribution is 2.19. The predicted molar refractivity (Wildman–Crippen MR) is 101 cm³/mol. The Hall–Kier alpha value is -2.93. The van der Waals surface area contributed by atoms with Gasteiger partial charge in [0.15, 0.2) is 0 Å². The van der Waals surface area contributed by atoms with Crippen molar-refractivity contribution in [3.63, 3.8) is 0 Å². The van der Waals surface area contributed by atoms with Crippen LogP contribution in [0.3, 0.4) is 0 Å². The Kier molecular flexibility index (Phi) is 6.03. The van der Waals surface area contributed by atoms with Gasteiger partial charge < -0.3 is 14.4 Å². The molecule has 7 nitrogen and oxygen atoms in total. The largest absolute Gasteiger partial charge is 0.465 e. The highest BCUT2D eigenvalue weighted by atomic mass is 16.5. The Bertz CT molecular complexity index is 801. The number of methoxy groups -OCH3 is 1. The number of ether oxygens (including phenoxy) is 2. The summed E-state index contributed by atoms with van der Waals surface area (Å²) in [5.74, 6) is 0.215. The maximum Gasteiger partial charge on any atom is 0.337 e. The summed E-state index contributed by atoms with van der Waals surface area (Å²) in [6, 6.07) is 12.5. The van der Waals surface area contributed by atoms with Crippen molar-refractivity contribution >= 4 is 17.8 Å². The van der Waals surface area contributed by atoms with Gasteiger partial charge >= 0.3 is 12.0 Å². The first kappa shape index (κ1) is 18.8. The average molecular weight is 369 g/mol. The van der Waals surface area contributed by atoms with Crippen LogP contribution in [0, 0.1) is 6.92 Å². The monoisotopic (exact) mass is 369 g/mol. The zero-order chi connectivity index (χ0) is 19.2. The molecule has 3 rings (SSSR count). The molecule has 1 aliphatic heterocycles. The molecule has 2 heterocycles. The number of urea groups is 1. The summed E-state index contributed by atoms with van der Waals surface area (Å²) < 4.78 is 10.1. The number of aromatic nitrogens is 1. The van der Waals surface area contributed by atoms with E-state index in [0.29, 0.717) is 44.2 Å². The van der Waals surface area contributed by atoms with E-state index in [9.17, 15) is 9.59 Å². The molecule has 2 amide bonds. The van der Waals surface area contributed by atoms with E-state index < -0.39 is 0 Å². The number of benzene rings is 1. The fourth-order valence-electron chi connectivity index (χ4n) is 2.90. The first-order valence-corrected chi connectivity index (χ1v) is 8.83. The Morgan fingerprint density at radius 2 is 1.85 bits per heavy atom. The Labute approximate surface area is 158 Å². The highest BCUT2D eigenvalue weighted by Gasteiger charge is 2.25. The quantitative estimate of drug-likeness (QED) is 0.775. The van der Waals surface area contributed by atoms with Crippen LogP contribution in [0.1, 0.15) is 21.6 Å². The third kappa shape index (κ3) is 4.62. The number of pyridine rings is 1. The number of rotatable bonds is 4. The molecule has 7 heteroatoms. The molecule has 0 spiro atoms. The van der Waals surface area contributed by atoms with E-state index in [2.05, 4.69) is 4.98 Å². The molecule has 1 fully saturated rings. The second-order valence-corrected chi connectivity index (χ2v) is 6.29. The van der Waals surface area contributed by atoms with Crippen molar-refractivity contribution in [1.82, 2.24) is 9.88 Å². The average Bonchev–Trinajstić information content (AvgIpc) is 2.72. The topological polar surface area (TPSA) is 72.0 Å². The normalized spacial score (nSPS) is 13.9. The molecule has 0 N–H and O–H groups in total. The third-order valence-electron chi connectivity index (χ3n) is 4.38. The molecule has 1 aromatic carbocycles. The molecule has 0 atom stereocenters. The summed E-state index contributed by atoms with van der Waals surface area (Å²) in [4.78, 5) is 32.7. The van der Waals surface area contributed by atoms with Crippen molar-refractivity contribution in [2.24, 2.45) is 0 Å². The molecule has 142 valence electrons. The number of hydrogen-bond acceptors (Lipinski definition) is 5. The summed E-state index contributed by atoms with van der Waals surface area (Å²) in [6.07, 6.45) is 0. The van der Waals surface area contributed by atoms with E-state index in [1.54, 1.807) is 21.9 Å². The first-order valence-electron chi connectivity index (χ1n) is 8.83. The van der Waals surface area contributed by atoms with Gasteiger partial charge in [0.05, 0.1) is 32.4 Å². The van der Waals surface area contributed by atoms with E-state index in [1.807, 2.05) is 37.3 Å². The number of nitrogens with zero attached hydrogens (tertiary/aromatic N) is 3. The van der Waals surface area contributed by atoms with Gasteiger partial charge in [0, 0.05) is 18.8 Å². The summed E-state index contributed by atoms with van der Waals surface area (Å²) in [6.45, 7) is 4.44. The van der Waals surface area contributed by atoms with E-state index >= 15 is 0 Å². The SMILES string of the molecule is COC(=O)c1ccc(CN(C(=O)N2CCOCC2)c2cccc(C)n2)cc1. The maximum absolute atomic E-state index is 13.1. The molecule has 0 unspecified atom stereocenters. The van der Waals surface area contributed by atoms with Gasteiger partial charge in [0.1, 0.15) is 5.82 Å². The van der Waals surface area contributed by atoms with Crippen LogP contribution in [0.4, 0.5) is 10.6 Å². The molecule has 1 aromatic heterocycles. The molecule has 1 saturated heterocycles. The molecule has 0 radical (unpaired) electrons. The van der Waals surface area contributed by atoms with Crippen LogP contribution in [0.15, 0.2) is 42.5 Å². The van der Waals surface area contributed by atoms with Gasteiger partial charge in [-0.3, -0.25) is 4.90 Å². The lowest BCUT2D eigenvalue weighted by atomic mass is 10.1. The highest BCUT2D eigenvalue weighted by molar-refractivity contribution is 5.91. The number of amides is 2. The van der Waals surface area contributed by atoms with Gasteiger partial charge in [-0.2, -0.15) is 0 Å². The fourth-order valence-corrected chi connectivity index (χ4v) is 2.90. The fraction of sp³-hybridized carbons (Fsp3) is 0.350. The molecule has 2 aromatic rings. The lowest BCUT2D eigenvalue weighted by Gasteiger charge is -2.32. The molecule has 1 aliphatic rings. The molecular weight excluding hydrogens is 346 g/mol. The van der Waals surface area contributed by atoms with Gasteiger partial charge in [0.25, 0.3) is 0 Å². The standard InChI is InChI=1S/C20H23N3O4/c1-15-4-3-5-18(21-15)23(20(25)22-10-12-27-13-11-22)14-16-6-8-17(9-7-16)19(24)26-2/h3-9H,10-14H2,1-2H3. The van der Waals surface area contributed by atoms with Crippen LogP contribution in [0.5, 0.6) is 0 Å². The first-order chi connectivity index (χ1) is 13.1. The van der Waals surface area contributed by atoms with Crippen molar-refractivity contribution in [3.8, 4) is 0 Å². The van der Waals surface area contributed by atoms with E-state index in [-0.39, 0.29) is 12.0 Å². The van der Waals surface area contributed by atoms with Crippen LogP contribution >= 0.6 is 0 Å². The van der Waals surface area contributed by atoms with Crippen molar-refractivity contribution in [3.05, 3.63) is 59.3 Å². The minimum atomic E-state index is -0.386. The Balaban J connectivity index is 1.85. The van der Waals surface area contributed by atoms with Crippen molar-refractivity contribution in [1.29, 1.82) is 0 Å². The van der Waals surface area contributed by atoms with Gasteiger partial charge in [-0.15, -0.1) is 0 Å². The number of anilines is 1.